The van der Waals surface area contributed by atoms with Gasteiger partial charge in [-0.1, -0.05) is 36.4 Å². The van der Waals surface area contributed by atoms with Crippen molar-refractivity contribution in [1.29, 1.82) is 0 Å². The van der Waals surface area contributed by atoms with Crippen LogP contribution in [0.15, 0.2) is 77.7 Å². The molecule has 0 aliphatic carbocycles. The summed E-state index contributed by atoms with van der Waals surface area (Å²) in [6.07, 6.45) is 0. The quantitative estimate of drug-likeness (QED) is 0.695. The molecule has 0 bridgehead atoms. The van der Waals surface area contributed by atoms with Crippen molar-refractivity contribution in [1.82, 2.24) is 0 Å². The van der Waals surface area contributed by atoms with Gasteiger partial charge in [-0.25, -0.2) is 8.42 Å². The minimum absolute atomic E-state index is 0.201. The first kappa shape index (κ1) is 19.0. The van der Waals surface area contributed by atoms with Gasteiger partial charge in [0, 0.05) is 16.8 Å². The van der Waals surface area contributed by atoms with E-state index in [2.05, 4.69) is 5.32 Å². The Kier molecular flexibility index (Phi) is 4.98. The number of anilines is 2. The predicted octanol–water partition coefficient (Wildman–Crippen LogP) is 3.90. The lowest BCUT2D eigenvalue weighted by Crippen LogP contribution is -2.40. The molecular formula is C22H20N2O4S. The van der Waals surface area contributed by atoms with Gasteiger partial charge in [0.25, 0.3) is 10.0 Å². The van der Waals surface area contributed by atoms with E-state index in [0.29, 0.717) is 29.3 Å². The molecule has 0 aromatic heterocycles. The number of hydrogen-bond donors (Lipinski definition) is 1. The predicted molar refractivity (Wildman–Crippen MR) is 113 cm³/mol. The Morgan fingerprint density at radius 1 is 0.931 bits per heavy atom. The number of fused-ring (bicyclic) bond motifs is 3. The molecule has 0 spiro atoms. The van der Waals surface area contributed by atoms with E-state index in [1.54, 1.807) is 60.7 Å². The van der Waals surface area contributed by atoms with E-state index >= 15 is 0 Å². The lowest BCUT2D eigenvalue weighted by Gasteiger charge is -2.31. The number of ether oxygens (including phenoxy) is 1. The van der Waals surface area contributed by atoms with Crippen LogP contribution in [0.25, 0.3) is 11.1 Å². The first-order valence-electron chi connectivity index (χ1n) is 9.24. The molecular weight excluding hydrogens is 388 g/mol. The number of para-hydroxylation sites is 1. The van der Waals surface area contributed by atoms with Gasteiger partial charge in [-0.05, 0) is 43.3 Å². The maximum absolute atomic E-state index is 13.2. The van der Waals surface area contributed by atoms with Crippen LogP contribution in [-0.4, -0.2) is 27.5 Å². The lowest BCUT2D eigenvalue weighted by atomic mass is 10.0. The highest BCUT2D eigenvalue weighted by molar-refractivity contribution is 7.93. The molecule has 29 heavy (non-hydrogen) atoms. The van der Waals surface area contributed by atoms with E-state index in [-0.39, 0.29) is 11.4 Å². The Morgan fingerprint density at radius 2 is 1.59 bits per heavy atom. The molecule has 0 saturated heterocycles. The summed E-state index contributed by atoms with van der Waals surface area (Å²) in [6.45, 7) is 2.13. The summed E-state index contributed by atoms with van der Waals surface area (Å²) in [6, 6.07) is 21.0. The van der Waals surface area contributed by atoms with Gasteiger partial charge < -0.3 is 10.1 Å². The number of amides is 1. The van der Waals surface area contributed by atoms with Gasteiger partial charge in [-0.2, -0.15) is 0 Å². The van der Waals surface area contributed by atoms with Crippen molar-refractivity contribution < 1.29 is 17.9 Å². The van der Waals surface area contributed by atoms with Crippen molar-refractivity contribution in [3.8, 4) is 16.9 Å². The second-order valence-electron chi connectivity index (χ2n) is 6.53. The molecule has 1 amide bonds. The second-order valence-corrected chi connectivity index (χ2v) is 8.36. The minimum Gasteiger partial charge on any atom is -0.494 e. The first-order valence-corrected chi connectivity index (χ1v) is 10.7. The first-order chi connectivity index (χ1) is 14.0. The highest BCUT2D eigenvalue weighted by atomic mass is 32.2. The Morgan fingerprint density at radius 3 is 2.31 bits per heavy atom. The average Bonchev–Trinajstić information content (AvgIpc) is 2.73. The van der Waals surface area contributed by atoms with Crippen molar-refractivity contribution in [3.05, 3.63) is 72.8 Å². The highest BCUT2D eigenvalue weighted by Gasteiger charge is 2.35. The lowest BCUT2D eigenvalue weighted by molar-refractivity contribution is -0.114. The molecule has 1 N–H and O–H groups in total. The summed E-state index contributed by atoms with van der Waals surface area (Å²) in [5.41, 5.74) is 2.49. The third-order valence-electron chi connectivity index (χ3n) is 4.65. The third-order valence-corrected chi connectivity index (χ3v) is 6.47. The van der Waals surface area contributed by atoms with Gasteiger partial charge in [0.15, 0.2) is 0 Å². The summed E-state index contributed by atoms with van der Waals surface area (Å²) < 4.78 is 32.9. The zero-order valence-corrected chi connectivity index (χ0v) is 16.6. The summed E-state index contributed by atoms with van der Waals surface area (Å²) in [7, 11) is -3.85. The average molecular weight is 408 g/mol. The summed E-state index contributed by atoms with van der Waals surface area (Å²) >= 11 is 0. The van der Waals surface area contributed by atoms with Crippen molar-refractivity contribution >= 4 is 27.3 Å². The molecule has 0 radical (unpaired) electrons. The van der Waals surface area contributed by atoms with Crippen LogP contribution in [0.5, 0.6) is 5.75 Å². The molecule has 0 unspecified atom stereocenters. The number of rotatable bonds is 5. The Labute approximate surface area is 169 Å². The van der Waals surface area contributed by atoms with Gasteiger partial charge >= 0.3 is 0 Å². The van der Waals surface area contributed by atoms with Crippen LogP contribution >= 0.6 is 0 Å². The summed E-state index contributed by atoms with van der Waals surface area (Å²) in [4.78, 5) is 12.9. The van der Waals surface area contributed by atoms with Gasteiger partial charge in [0.2, 0.25) is 5.91 Å². The third kappa shape index (κ3) is 3.56. The van der Waals surface area contributed by atoms with Crippen LogP contribution in [-0.2, 0) is 14.8 Å². The van der Waals surface area contributed by atoms with Gasteiger partial charge in [-0.15, -0.1) is 0 Å². The number of carbonyl (C=O) groups is 1. The van der Waals surface area contributed by atoms with E-state index in [0.717, 1.165) is 9.87 Å². The molecule has 4 rings (SSSR count). The van der Waals surface area contributed by atoms with Crippen LogP contribution < -0.4 is 14.4 Å². The molecule has 0 saturated carbocycles. The topological polar surface area (TPSA) is 75.7 Å². The van der Waals surface area contributed by atoms with Crippen LogP contribution in [0, 0.1) is 0 Å². The standard InChI is InChI=1S/C22H20N2O4S/c1-2-28-17-13-11-16(12-14-17)23-22(25)15-24-20-9-5-3-7-18(20)19-8-4-6-10-21(19)29(24,26)27/h3-14H,2,15H2,1H3,(H,23,25). The largest absolute Gasteiger partial charge is 0.494 e. The van der Waals surface area contributed by atoms with Crippen LogP contribution in [0.2, 0.25) is 0 Å². The molecule has 0 atom stereocenters. The Bertz CT molecular complexity index is 1160. The molecule has 6 nitrogen and oxygen atoms in total. The van der Waals surface area contributed by atoms with Crippen molar-refractivity contribution in [2.45, 2.75) is 11.8 Å². The number of nitrogens with one attached hydrogen (secondary N) is 1. The fraction of sp³-hybridized carbons (Fsp3) is 0.136. The van der Waals surface area contributed by atoms with E-state index in [9.17, 15) is 13.2 Å². The molecule has 7 heteroatoms. The molecule has 1 aliphatic heterocycles. The molecule has 148 valence electrons. The summed E-state index contributed by atoms with van der Waals surface area (Å²) in [5, 5.41) is 2.75. The molecule has 1 heterocycles. The van der Waals surface area contributed by atoms with Crippen molar-refractivity contribution in [3.63, 3.8) is 0 Å². The molecule has 0 fully saturated rings. The fourth-order valence-corrected chi connectivity index (χ4v) is 5.03. The van der Waals surface area contributed by atoms with Crippen LogP contribution in [0.3, 0.4) is 0 Å². The molecule has 3 aromatic rings. The number of sulfonamides is 1. The van der Waals surface area contributed by atoms with Crippen LogP contribution in [0.1, 0.15) is 6.92 Å². The maximum atomic E-state index is 13.2. The van der Waals surface area contributed by atoms with Gasteiger partial charge in [0.1, 0.15) is 12.3 Å². The van der Waals surface area contributed by atoms with Gasteiger partial charge in [-0.3, -0.25) is 9.10 Å². The smallest absolute Gasteiger partial charge is 0.265 e. The van der Waals surface area contributed by atoms with E-state index in [1.165, 1.54) is 0 Å². The Balaban J connectivity index is 1.62. The fourth-order valence-electron chi connectivity index (χ4n) is 3.38. The SMILES string of the molecule is CCOc1ccc(NC(=O)CN2c3ccccc3-c3ccccc3S2(=O)=O)cc1. The maximum Gasteiger partial charge on any atom is 0.265 e. The van der Waals surface area contributed by atoms with Gasteiger partial charge in [0.05, 0.1) is 17.2 Å². The summed E-state index contributed by atoms with van der Waals surface area (Å²) in [5.74, 6) is 0.279. The number of hydrogen-bond acceptors (Lipinski definition) is 4. The minimum atomic E-state index is -3.85. The zero-order chi connectivity index (χ0) is 20.4. The normalized spacial score (nSPS) is 13.9. The molecule has 1 aliphatic rings. The van der Waals surface area contributed by atoms with Crippen molar-refractivity contribution in [2.75, 3.05) is 22.8 Å². The van der Waals surface area contributed by atoms with Crippen LogP contribution in [0.4, 0.5) is 11.4 Å². The number of nitrogens with zero attached hydrogens (tertiary/aromatic N) is 1. The zero-order valence-electron chi connectivity index (χ0n) is 15.8. The number of carbonyl (C=O) groups excluding carboxylic acids is 1. The van der Waals surface area contributed by atoms with E-state index in [1.807, 2.05) is 19.1 Å². The Hall–Kier alpha value is -3.32. The second kappa shape index (κ2) is 7.60. The van der Waals surface area contributed by atoms with Crippen molar-refractivity contribution in [2.24, 2.45) is 0 Å². The highest BCUT2D eigenvalue weighted by Crippen LogP contribution is 2.42. The number of benzene rings is 3. The van der Waals surface area contributed by atoms with E-state index in [4.69, 9.17) is 4.74 Å². The molecule has 3 aromatic carbocycles. The van der Waals surface area contributed by atoms with E-state index < -0.39 is 15.9 Å². The monoisotopic (exact) mass is 408 g/mol.